The number of para-hydroxylation sites is 1. The summed E-state index contributed by atoms with van der Waals surface area (Å²) in [6.45, 7) is 2.10. The van der Waals surface area contributed by atoms with Crippen molar-refractivity contribution >= 4 is 11.6 Å². The maximum absolute atomic E-state index is 5.21. The predicted molar refractivity (Wildman–Crippen MR) is 93.1 cm³/mol. The van der Waals surface area contributed by atoms with E-state index in [0.717, 1.165) is 34.7 Å². The van der Waals surface area contributed by atoms with Crippen molar-refractivity contribution in [2.24, 2.45) is 0 Å². The molecule has 0 radical (unpaired) electrons. The van der Waals surface area contributed by atoms with Gasteiger partial charge in [-0.1, -0.05) is 37.3 Å². The van der Waals surface area contributed by atoms with Crippen LogP contribution in [0.25, 0.3) is 11.1 Å². The summed E-state index contributed by atoms with van der Waals surface area (Å²) in [4.78, 5) is 9.10. The van der Waals surface area contributed by atoms with E-state index in [2.05, 4.69) is 22.2 Å². The van der Waals surface area contributed by atoms with E-state index in [-0.39, 0.29) is 0 Å². The zero-order valence-corrected chi connectivity index (χ0v) is 13.3. The van der Waals surface area contributed by atoms with Crippen LogP contribution in [-0.4, -0.2) is 17.1 Å². The summed E-state index contributed by atoms with van der Waals surface area (Å²) < 4.78 is 5.21. The van der Waals surface area contributed by atoms with E-state index in [0.29, 0.717) is 5.95 Å². The van der Waals surface area contributed by atoms with Crippen LogP contribution in [0.4, 0.5) is 11.6 Å². The molecule has 0 spiro atoms. The summed E-state index contributed by atoms with van der Waals surface area (Å²) >= 11 is 0. The maximum Gasteiger partial charge on any atom is 0.227 e. The minimum atomic E-state index is 0.616. The molecule has 0 aliphatic heterocycles. The number of ether oxygens (including phenoxy) is 1. The number of nitrogens with one attached hydrogen (secondary N) is 1. The molecular formula is C19H19N3O. The number of methoxy groups -OCH3 is 1. The summed E-state index contributed by atoms with van der Waals surface area (Å²) in [7, 11) is 1.67. The lowest BCUT2D eigenvalue weighted by Crippen LogP contribution is -2.01. The van der Waals surface area contributed by atoms with E-state index >= 15 is 0 Å². The third kappa shape index (κ3) is 3.48. The van der Waals surface area contributed by atoms with Gasteiger partial charge in [-0.2, -0.15) is 0 Å². The molecule has 1 heterocycles. The third-order valence-corrected chi connectivity index (χ3v) is 3.63. The molecule has 0 fully saturated rings. The molecule has 23 heavy (non-hydrogen) atoms. The highest BCUT2D eigenvalue weighted by atomic mass is 16.5. The summed E-state index contributed by atoms with van der Waals surface area (Å²) in [5, 5.41) is 3.23. The maximum atomic E-state index is 5.21. The van der Waals surface area contributed by atoms with Gasteiger partial charge in [0.15, 0.2) is 0 Å². The number of benzene rings is 2. The molecule has 0 aliphatic carbocycles. The topological polar surface area (TPSA) is 47.0 Å². The smallest absolute Gasteiger partial charge is 0.227 e. The number of rotatable bonds is 5. The molecule has 0 bridgehead atoms. The van der Waals surface area contributed by atoms with Gasteiger partial charge in [-0.3, -0.25) is 0 Å². The van der Waals surface area contributed by atoms with Gasteiger partial charge >= 0.3 is 0 Å². The summed E-state index contributed by atoms with van der Waals surface area (Å²) in [6.07, 6.45) is 2.71. The van der Waals surface area contributed by atoms with Crippen molar-refractivity contribution < 1.29 is 4.74 Å². The van der Waals surface area contributed by atoms with Crippen LogP contribution in [-0.2, 0) is 6.42 Å². The molecule has 0 aliphatic rings. The summed E-state index contributed by atoms with van der Waals surface area (Å²) in [5.74, 6) is 1.46. The van der Waals surface area contributed by atoms with Gasteiger partial charge in [-0.25, -0.2) is 9.97 Å². The first-order valence-electron chi connectivity index (χ1n) is 7.62. The first-order valence-corrected chi connectivity index (χ1v) is 7.62. The fraction of sp³-hybridized carbons (Fsp3) is 0.158. The van der Waals surface area contributed by atoms with Gasteiger partial charge in [0.1, 0.15) is 5.75 Å². The Kier molecular flexibility index (Phi) is 4.52. The molecule has 116 valence electrons. The average Bonchev–Trinajstić information content (AvgIpc) is 2.62. The van der Waals surface area contributed by atoms with Crippen molar-refractivity contribution in [1.82, 2.24) is 9.97 Å². The minimum absolute atomic E-state index is 0.616. The fourth-order valence-corrected chi connectivity index (χ4v) is 2.41. The quantitative estimate of drug-likeness (QED) is 0.756. The minimum Gasteiger partial charge on any atom is -0.497 e. The molecule has 1 aromatic heterocycles. The van der Waals surface area contributed by atoms with E-state index in [4.69, 9.17) is 4.74 Å². The summed E-state index contributed by atoms with van der Waals surface area (Å²) in [6, 6.07) is 17.9. The molecule has 4 nitrogen and oxygen atoms in total. The lowest BCUT2D eigenvalue weighted by molar-refractivity contribution is 0.415. The molecular weight excluding hydrogens is 286 g/mol. The van der Waals surface area contributed by atoms with Gasteiger partial charge in [-0.05, 0) is 36.2 Å². The van der Waals surface area contributed by atoms with Gasteiger partial charge in [-0.15, -0.1) is 0 Å². The van der Waals surface area contributed by atoms with Crippen LogP contribution in [0.3, 0.4) is 0 Å². The zero-order valence-electron chi connectivity index (χ0n) is 13.3. The van der Waals surface area contributed by atoms with Crippen LogP contribution in [0.15, 0.2) is 60.8 Å². The molecule has 3 rings (SSSR count). The first kappa shape index (κ1) is 15.0. The molecule has 0 saturated carbocycles. The van der Waals surface area contributed by atoms with Gasteiger partial charge in [0.25, 0.3) is 0 Å². The van der Waals surface area contributed by atoms with Crippen molar-refractivity contribution in [2.75, 3.05) is 12.4 Å². The lowest BCUT2D eigenvalue weighted by atomic mass is 10.0. The Morgan fingerprint density at radius 3 is 2.39 bits per heavy atom. The highest BCUT2D eigenvalue weighted by molar-refractivity contribution is 5.67. The van der Waals surface area contributed by atoms with E-state index in [1.807, 2.05) is 60.8 Å². The largest absolute Gasteiger partial charge is 0.497 e. The molecule has 4 heteroatoms. The van der Waals surface area contributed by atoms with Crippen molar-refractivity contribution in [1.29, 1.82) is 0 Å². The second-order valence-electron chi connectivity index (χ2n) is 5.13. The number of hydrogen-bond acceptors (Lipinski definition) is 4. The molecule has 2 aromatic carbocycles. The molecule has 0 atom stereocenters. The Bertz CT molecular complexity index is 770. The van der Waals surface area contributed by atoms with Crippen LogP contribution in [0.5, 0.6) is 5.75 Å². The Morgan fingerprint density at radius 2 is 1.74 bits per heavy atom. The monoisotopic (exact) mass is 305 g/mol. The van der Waals surface area contributed by atoms with Crippen LogP contribution in [0.1, 0.15) is 12.6 Å². The second kappa shape index (κ2) is 6.92. The highest BCUT2D eigenvalue weighted by Crippen LogP contribution is 2.26. The van der Waals surface area contributed by atoms with E-state index in [9.17, 15) is 0 Å². The number of aromatic nitrogens is 2. The van der Waals surface area contributed by atoms with Crippen molar-refractivity contribution in [3.05, 3.63) is 66.5 Å². The Balaban J connectivity index is 1.90. The van der Waals surface area contributed by atoms with E-state index in [1.165, 1.54) is 0 Å². The molecule has 0 unspecified atom stereocenters. The zero-order chi connectivity index (χ0) is 16.1. The molecule has 1 N–H and O–H groups in total. The Hall–Kier alpha value is -2.88. The van der Waals surface area contributed by atoms with Crippen molar-refractivity contribution in [2.45, 2.75) is 13.3 Å². The number of anilines is 2. The van der Waals surface area contributed by atoms with Crippen LogP contribution >= 0.6 is 0 Å². The average molecular weight is 305 g/mol. The number of aryl methyl sites for hydroxylation is 1. The number of nitrogens with zero attached hydrogens (tertiary/aromatic N) is 2. The molecule has 0 amide bonds. The number of hydrogen-bond donors (Lipinski definition) is 1. The van der Waals surface area contributed by atoms with Crippen LogP contribution < -0.4 is 10.1 Å². The first-order chi connectivity index (χ1) is 11.3. The SMILES string of the molecule is CCc1nc(Nc2ccccc2)ncc1-c1ccc(OC)cc1. The fourth-order valence-electron chi connectivity index (χ4n) is 2.41. The van der Waals surface area contributed by atoms with E-state index in [1.54, 1.807) is 7.11 Å². The summed E-state index contributed by atoms with van der Waals surface area (Å²) in [5.41, 5.74) is 4.14. The normalized spacial score (nSPS) is 10.3. The Morgan fingerprint density at radius 1 is 1.00 bits per heavy atom. The van der Waals surface area contributed by atoms with E-state index < -0.39 is 0 Å². The van der Waals surface area contributed by atoms with Crippen LogP contribution in [0, 0.1) is 0 Å². The Labute approximate surface area is 136 Å². The standard InChI is InChI=1S/C19H19N3O/c1-3-18-17(14-9-11-16(23-2)12-10-14)13-20-19(22-18)21-15-7-5-4-6-8-15/h4-13H,3H2,1-2H3,(H,20,21,22). The highest BCUT2D eigenvalue weighted by Gasteiger charge is 2.08. The lowest BCUT2D eigenvalue weighted by Gasteiger charge is -2.11. The van der Waals surface area contributed by atoms with Crippen LogP contribution in [0.2, 0.25) is 0 Å². The third-order valence-electron chi connectivity index (χ3n) is 3.63. The molecule has 0 saturated heterocycles. The van der Waals surface area contributed by atoms with Gasteiger partial charge < -0.3 is 10.1 Å². The molecule has 3 aromatic rings. The van der Waals surface area contributed by atoms with Gasteiger partial charge in [0, 0.05) is 17.4 Å². The predicted octanol–water partition coefficient (Wildman–Crippen LogP) is 4.46. The second-order valence-corrected chi connectivity index (χ2v) is 5.13. The van der Waals surface area contributed by atoms with Gasteiger partial charge in [0.2, 0.25) is 5.95 Å². The van der Waals surface area contributed by atoms with Gasteiger partial charge in [0.05, 0.1) is 12.8 Å². The van der Waals surface area contributed by atoms with Crippen molar-refractivity contribution in [3.8, 4) is 16.9 Å². The van der Waals surface area contributed by atoms with Crippen molar-refractivity contribution in [3.63, 3.8) is 0 Å².